The van der Waals surface area contributed by atoms with Crippen molar-refractivity contribution >= 4 is 5.97 Å². The third kappa shape index (κ3) is 3.84. The summed E-state index contributed by atoms with van der Waals surface area (Å²) in [5.74, 6) is 1.08. The lowest BCUT2D eigenvalue weighted by Crippen LogP contribution is -2.46. The molecule has 0 amide bonds. The molecule has 0 radical (unpaired) electrons. The highest BCUT2D eigenvalue weighted by atomic mass is 16.5. The van der Waals surface area contributed by atoms with Crippen LogP contribution in [0.2, 0.25) is 0 Å². The molecule has 0 bridgehead atoms. The molecule has 1 aliphatic heterocycles. The SMILES string of the molecule is COC(=O)c1ccoc1CN1CCN(CC(C)C)CC1. The zero-order valence-electron chi connectivity index (χ0n) is 12.6. The Kier molecular flexibility index (Phi) is 5.20. The Bertz CT molecular complexity index is 434. The van der Waals surface area contributed by atoms with Crippen LogP contribution in [0, 0.1) is 5.92 Å². The van der Waals surface area contributed by atoms with Gasteiger partial charge in [0.2, 0.25) is 0 Å². The lowest BCUT2D eigenvalue weighted by Gasteiger charge is -2.35. The van der Waals surface area contributed by atoms with Crippen LogP contribution < -0.4 is 0 Å². The van der Waals surface area contributed by atoms with Gasteiger partial charge >= 0.3 is 5.97 Å². The predicted octanol–water partition coefficient (Wildman–Crippen LogP) is 1.84. The van der Waals surface area contributed by atoms with Gasteiger partial charge in [0.15, 0.2) is 0 Å². The van der Waals surface area contributed by atoms with Crippen molar-refractivity contribution in [2.75, 3.05) is 39.8 Å². The van der Waals surface area contributed by atoms with E-state index in [0.29, 0.717) is 23.8 Å². The minimum Gasteiger partial charge on any atom is -0.467 e. The second kappa shape index (κ2) is 6.90. The molecule has 0 saturated carbocycles. The zero-order chi connectivity index (χ0) is 14.5. The van der Waals surface area contributed by atoms with E-state index < -0.39 is 0 Å². The number of nitrogens with zero attached hydrogens (tertiary/aromatic N) is 2. The number of methoxy groups -OCH3 is 1. The van der Waals surface area contributed by atoms with Crippen LogP contribution >= 0.6 is 0 Å². The first-order chi connectivity index (χ1) is 9.60. The summed E-state index contributed by atoms with van der Waals surface area (Å²) >= 11 is 0. The van der Waals surface area contributed by atoms with Crippen LogP contribution in [0.3, 0.4) is 0 Å². The van der Waals surface area contributed by atoms with Crippen molar-refractivity contribution in [3.8, 4) is 0 Å². The standard InChI is InChI=1S/C15H24N2O3/c1-12(2)10-16-5-7-17(8-6-16)11-14-13(4-9-20-14)15(18)19-3/h4,9,12H,5-8,10-11H2,1-3H3. The molecule has 1 aliphatic rings. The molecular weight excluding hydrogens is 256 g/mol. The smallest absolute Gasteiger partial charge is 0.341 e. The fourth-order valence-corrected chi connectivity index (χ4v) is 2.60. The van der Waals surface area contributed by atoms with Crippen LogP contribution in [0.5, 0.6) is 0 Å². The van der Waals surface area contributed by atoms with Crippen LogP contribution in [-0.4, -0.2) is 55.6 Å². The Balaban J connectivity index is 1.87. The van der Waals surface area contributed by atoms with E-state index in [1.807, 2.05) is 0 Å². The van der Waals surface area contributed by atoms with Gasteiger partial charge in [0.1, 0.15) is 11.3 Å². The summed E-state index contributed by atoms with van der Waals surface area (Å²) < 4.78 is 10.2. The van der Waals surface area contributed by atoms with Crippen molar-refractivity contribution in [3.63, 3.8) is 0 Å². The van der Waals surface area contributed by atoms with Crippen molar-refractivity contribution in [1.82, 2.24) is 9.80 Å². The van der Waals surface area contributed by atoms with Crippen molar-refractivity contribution in [3.05, 3.63) is 23.7 Å². The quantitative estimate of drug-likeness (QED) is 0.770. The van der Waals surface area contributed by atoms with Gasteiger partial charge in [-0.2, -0.15) is 0 Å². The number of carbonyl (C=O) groups excluding carboxylic acids is 1. The van der Waals surface area contributed by atoms with Crippen molar-refractivity contribution in [2.24, 2.45) is 5.92 Å². The monoisotopic (exact) mass is 280 g/mol. The minimum absolute atomic E-state index is 0.327. The zero-order valence-corrected chi connectivity index (χ0v) is 12.6. The van der Waals surface area contributed by atoms with E-state index >= 15 is 0 Å². The molecule has 20 heavy (non-hydrogen) atoms. The molecule has 0 aliphatic carbocycles. The first-order valence-corrected chi connectivity index (χ1v) is 7.19. The van der Waals surface area contributed by atoms with Crippen LogP contribution in [0.15, 0.2) is 16.7 Å². The van der Waals surface area contributed by atoms with Crippen LogP contribution in [0.1, 0.15) is 30.0 Å². The second-order valence-electron chi connectivity index (χ2n) is 5.72. The summed E-state index contributed by atoms with van der Waals surface area (Å²) in [5, 5.41) is 0. The number of piperazine rings is 1. The lowest BCUT2D eigenvalue weighted by atomic mass is 10.2. The number of hydrogen-bond acceptors (Lipinski definition) is 5. The first-order valence-electron chi connectivity index (χ1n) is 7.19. The van der Waals surface area contributed by atoms with Gasteiger partial charge in [0.25, 0.3) is 0 Å². The largest absolute Gasteiger partial charge is 0.467 e. The molecule has 1 aromatic rings. The first kappa shape index (κ1) is 15.1. The number of ether oxygens (including phenoxy) is 1. The second-order valence-corrected chi connectivity index (χ2v) is 5.72. The van der Waals surface area contributed by atoms with Gasteiger partial charge in [-0.1, -0.05) is 13.8 Å². The number of esters is 1. The van der Waals surface area contributed by atoms with Crippen molar-refractivity contribution in [1.29, 1.82) is 0 Å². The van der Waals surface area contributed by atoms with E-state index in [1.54, 1.807) is 12.3 Å². The van der Waals surface area contributed by atoms with Crippen molar-refractivity contribution in [2.45, 2.75) is 20.4 Å². The van der Waals surface area contributed by atoms with E-state index in [9.17, 15) is 4.79 Å². The molecule has 1 saturated heterocycles. The maximum Gasteiger partial charge on any atom is 0.341 e. The van der Waals surface area contributed by atoms with Gasteiger partial charge in [-0.25, -0.2) is 4.79 Å². The van der Waals surface area contributed by atoms with Gasteiger partial charge in [-0.15, -0.1) is 0 Å². The molecule has 1 fully saturated rings. The summed E-state index contributed by atoms with van der Waals surface area (Å²) in [6, 6.07) is 1.68. The predicted molar refractivity (Wildman–Crippen MR) is 76.6 cm³/mol. The van der Waals surface area contributed by atoms with Gasteiger partial charge in [0, 0.05) is 32.7 Å². The average molecular weight is 280 g/mol. The van der Waals surface area contributed by atoms with Crippen LogP contribution in [0.25, 0.3) is 0 Å². The number of hydrogen-bond donors (Lipinski definition) is 0. The summed E-state index contributed by atoms with van der Waals surface area (Å²) in [6.07, 6.45) is 1.55. The third-order valence-electron chi connectivity index (χ3n) is 3.61. The van der Waals surface area contributed by atoms with Gasteiger partial charge in [-0.05, 0) is 12.0 Å². The van der Waals surface area contributed by atoms with Gasteiger partial charge < -0.3 is 14.1 Å². The van der Waals surface area contributed by atoms with E-state index in [-0.39, 0.29) is 5.97 Å². The molecule has 112 valence electrons. The lowest BCUT2D eigenvalue weighted by molar-refractivity contribution is 0.0593. The molecule has 0 spiro atoms. The molecular formula is C15H24N2O3. The molecule has 2 heterocycles. The highest BCUT2D eigenvalue weighted by Gasteiger charge is 2.21. The van der Waals surface area contributed by atoms with Gasteiger partial charge in [0.05, 0.1) is 19.9 Å². The average Bonchev–Trinajstić information content (AvgIpc) is 2.87. The fourth-order valence-electron chi connectivity index (χ4n) is 2.60. The normalized spacial score (nSPS) is 17.6. The van der Waals surface area contributed by atoms with E-state index in [0.717, 1.165) is 32.7 Å². The summed E-state index contributed by atoms with van der Waals surface area (Å²) in [4.78, 5) is 16.4. The molecule has 0 aromatic carbocycles. The molecule has 5 nitrogen and oxygen atoms in total. The van der Waals surface area contributed by atoms with E-state index in [1.165, 1.54) is 7.11 Å². The number of furan rings is 1. The summed E-state index contributed by atoms with van der Waals surface area (Å²) in [6.45, 7) is 10.5. The highest BCUT2D eigenvalue weighted by molar-refractivity contribution is 5.90. The number of carbonyl (C=O) groups is 1. The molecule has 0 N–H and O–H groups in total. The topological polar surface area (TPSA) is 45.9 Å². The fraction of sp³-hybridized carbons (Fsp3) is 0.667. The Labute approximate surface area is 120 Å². The molecule has 2 rings (SSSR count). The summed E-state index contributed by atoms with van der Waals surface area (Å²) in [7, 11) is 1.39. The third-order valence-corrected chi connectivity index (χ3v) is 3.61. The van der Waals surface area contributed by atoms with E-state index in [2.05, 4.69) is 23.6 Å². The Morgan fingerprint density at radius 3 is 2.55 bits per heavy atom. The van der Waals surface area contributed by atoms with Gasteiger partial charge in [-0.3, -0.25) is 4.90 Å². The minimum atomic E-state index is -0.327. The molecule has 1 aromatic heterocycles. The Morgan fingerprint density at radius 2 is 1.95 bits per heavy atom. The maximum atomic E-state index is 11.6. The van der Waals surface area contributed by atoms with Crippen molar-refractivity contribution < 1.29 is 13.9 Å². The summed E-state index contributed by atoms with van der Waals surface area (Å²) in [5.41, 5.74) is 0.539. The molecule has 0 unspecified atom stereocenters. The number of rotatable bonds is 5. The molecule has 5 heteroatoms. The molecule has 0 atom stereocenters. The van der Waals surface area contributed by atoms with Crippen LogP contribution in [0.4, 0.5) is 0 Å². The van der Waals surface area contributed by atoms with Crippen LogP contribution in [-0.2, 0) is 11.3 Å². The Morgan fingerprint density at radius 1 is 1.30 bits per heavy atom. The highest BCUT2D eigenvalue weighted by Crippen LogP contribution is 2.16. The van der Waals surface area contributed by atoms with E-state index in [4.69, 9.17) is 9.15 Å². The maximum absolute atomic E-state index is 11.6. The Hall–Kier alpha value is -1.33.